The first-order valence-corrected chi connectivity index (χ1v) is 6.86. The summed E-state index contributed by atoms with van der Waals surface area (Å²) >= 11 is 0. The third-order valence-corrected chi connectivity index (χ3v) is 3.63. The Morgan fingerprint density at radius 3 is 2.47 bits per heavy atom. The molecule has 0 unspecified atom stereocenters. The van der Waals surface area contributed by atoms with E-state index >= 15 is 0 Å². The largest absolute Gasteiger partial charge is 0.330 e. The Hall–Kier alpha value is -1.06. The predicted molar refractivity (Wildman–Crippen MR) is 81.7 cm³/mol. The third kappa shape index (κ3) is 4.51. The molecule has 0 saturated heterocycles. The van der Waals surface area contributed by atoms with Crippen LogP contribution in [-0.2, 0) is 4.79 Å². The Morgan fingerprint density at radius 2 is 1.95 bits per heavy atom. The monoisotopic (exact) mass is 282 g/mol. The minimum atomic E-state index is 0. The van der Waals surface area contributed by atoms with Crippen molar-refractivity contribution in [1.82, 2.24) is 0 Å². The Kier molecular flexibility index (Phi) is 6.89. The maximum atomic E-state index is 12.2. The molecule has 2 N–H and O–H groups in total. The molecule has 1 aliphatic rings. The van der Waals surface area contributed by atoms with E-state index in [1.807, 2.05) is 35.2 Å². The van der Waals surface area contributed by atoms with Crippen LogP contribution in [-0.4, -0.2) is 19.0 Å². The Bertz CT molecular complexity index is 379. The molecule has 0 radical (unpaired) electrons. The van der Waals surface area contributed by atoms with Crippen molar-refractivity contribution in [1.29, 1.82) is 0 Å². The van der Waals surface area contributed by atoms with Crippen molar-refractivity contribution >= 4 is 24.0 Å². The molecule has 0 heterocycles. The van der Waals surface area contributed by atoms with Gasteiger partial charge in [-0.15, -0.1) is 12.4 Å². The van der Waals surface area contributed by atoms with E-state index in [0.717, 1.165) is 18.7 Å². The number of hydrogen-bond acceptors (Lipinski definition) is 2. The number of hydrogen-bond donors (Lipinski definition) is 1. The highest BCUT2D eigenvalue weighted by Gasteiger charge is 2.24. The number of amides is 1. The van der Waals surface area contributed by atoms with Crippen LogP contribution in [0.25, 0.3) is 0 Å². The van der Waals surface area contributed by atoms with E-state index in [0.29, 0.717) is 18.9 Å². The number of carbonyl (C=O) groups excluding carboxylic acids is 1. The van der Waals surface area contributed by atoms with Crippen molar-refractivity contribution in [3.8, 4) is 0 Å². The van der Waals surface area contributed by atoms with Gasteiger partial charge in [0.15, 0.2) is 0 Å². The molecule has 2 rings (SSSR count). The summed E-state index contributed by atoms with van der Waals surface area (Å²) in [6, 6.07) is 9.98. The van der Waals surface area contributed by atoms with E-state index < -0.39 is 0 Å². The minimum Gasteiger partial charge on any atom is -0.330 e. The number of benzene rings is 1. The quantitative estimate of drug-likeness (QED) is 0.872. The summed E-state index contributed by atoms with van der Waals surface area (Å²) < 4.78 is 0. The Labute approximate surface area is 121 Å². The predicted octanol–water partition coefficient (Wildman–Crippen LogP) is 2.98. The van der Waals surface area contributed by atoms with E-state index in [2.05, 4.69) is 0 Å². The van der Waals surface area contributed by atoms with Gasteiger partial charge in [0, 0.05) is 18.7 Å². The smallest absolute Gasteiger partial charge is 0.227 e. The highest BCUT2D eigenvalue weighted by atomic mass is 35.5. The zero-order valence-corrected chi connectivity index (χ0v) is 12.1. The first-order chi connectivity index (χ1) is 8.81. The molecule has 0 atom stereocenters. The molecule has 106 valence electrons. The van der Waals surface area contributed by atoms with Crippen LogP contribution in [0.4, 0.5) is 5.69 Å². The molecule has 3 nitrogen and oxygen atoms in total. The lowest BCUT2D eigenvalue weighted by Crippen LogP contribution is -2.37. The standard InChI is InChI=1S/C15H22N2O.ClH/c16-11-5-10-15(18)17(12-13-6-4-7-13)14-8-2-1-3-9-14;/h1-3,8-9,13H,4-7,10-12,16H2;1H. The molecule has 1 fully saturated rings. The van der Waals surface area contributed by atoms with Gasteiger partial charge in [0.05, 0.1) is 0 Å². The zero-order chi connectivity index (χ0) is 12.8. The fourth-order valence-electron chi connectivity index (χ4n) is 2.28. The lowest BCUT2D eigenvalue weighted by Gasteiger charge is -2.32. The Balaban J connectivity index is 0.00000180. The van der Waals surface area contributed by atoms with Gasteiger partial charge in [-0.05, 0) is 43.9 Å². The van der Waals surface area contributed by atoms with E-state index in [1.54, 1.807) is 0 Å². The van der Waals surface area contributed by atoms with Crippen molar-refractivity contribution in [3.05, 3.63) is 30.3 Å². The lowest BCUT2D eigenvalue weighted by molar-refractivity contribution is -0.118. The van der Waals surface area contributed by atoms with Crippen LogP contribution in [0, 0.1) is 5.92 Å². The molecule has 19 heavy (non-hydrogen) atoms. The summed E-state index contributed by atoms with van der Waals surface area (Å²) in [4.78, 5) is 14.2. The summed E-state index contributed by atoms with van der Waals surface area (Å²) in [5, 5.41) is 0. The van der Waals surface area contributed by atoms with Gasteiger partial charge in [-0.3, -0.25) is 4.79 Å². The normalized spacial score (nSPS) is 14.4. The van der Waals surface area contributed by atoms with Crippen LogP contribution in [0.2, 0.25) is 0 Å². The van der Waals surface area contributed by atoms with Gasteiger partial charge in [-0.1, -0.05) is 24.6 Å². The van der Waals surface area contributed by atoms with E-state index in [4.69, 9.17) is 5.73 Å². The summed E-state index contributed by atoms with van der Waals surface area (Å²) in [5.74, 6) is 0.894. The minimum absolute atomic E-state index is 0. The second-order valence-electron chi connectivity index (χ2n) is 5.03. The van der Waals surface area contributed by atoms with E-state index in [9.17, 15) is 4.79 Å². The third-order valence-electron chi connectivity index (χ3n) is 3.63. The van der Waals surface area contributed by atoms with Crippen LogP contribution in [0.3, 0.4) is 0 Å². The molecular formula is C15H23ClN2O. The van der Waals surface area contributed by atoms with Crippen LogP contribution in [0.15, 0.2) is 30.3 Å². The summed E-state index contributed by atoms with van der Waals surface area (Å²) in [7, 11) is 0. The van der Waals surface area contributed by atoms with Crippen molar-refractivity contribution in [2.75, 3.05) is 18.0 Å². The summed E-state index contributed by atoms with van der Waals surface area (Å²) in [6.07, 6.45) is 5.15. The number of rotatable bonds is 6. The molecule has 0 bridgehead atoms. The van der Waals surface area contributed by atoms with Gasteiger partial charge in [-0.25, -0.2) is 0 Å². The number of para-hydroxylation sites is 1. The molecule has 1 amide bonds. The molecule has 1 aromatic carbocycles. The van der Waals surface area contributed by atoms with Crippen LogP contribution in [0.5, 0.6) is 0 Å². The Morgan fingerprint density at radius 1 is 1.26 bits per heavy atom. The van der Waals surface area contributed by atoms with Gasteiger partial charge >= 0.3 is 0 Å². The average Bonchev–Trinajstić information content (AvgIpc) is 2.36. The maximum Gasteiger partial charge on any atom is 0.227 e. The molecular weight excluding hydrogens is 260 g/mol. The second-order valence-corrected chi connectivity index (χ2v) is 5.03. The van der Waals surface area contributed by atoms with Gasteiger partial charge < -0.3 is 10.6 Å². The van der Waals surface area contributed by atoms with Gasteiger partial charge in [0.25, 0.3) is 0 Å². The van der Waals surface area contributed by atoms with Gasteiger partial charge in [0.2, 0.25) is 5.91 Å². The summed E-state index contributed by atoms with van der Waals surface area (Å²) in [5.41, 5.74) is 6.50. The number of carbonyl (C=O) groups is 1. The number of halogens is 1. The fourth-order valence-corrected chi connectivity index (χ4v) is 2.28. The molecule has 1 saturated carbocycles. The molecule has 4 heteroatoms. The first kappa shape index (κ1) is 16.0. The van der Waals surface area contributed by atoms with Crippen LogP contribution >= 0.6 is 12.4 Å². The van der Waals surface area contributed by atoms with Crippen LogP contribution in [0.1, 0.15) is 32.1 Å². The molecule has 0 spiro atoms. The number of nitrogens with zero attached hydrogens (tertiary/aromatic N) is 1. The first-order valence-electron chi connectivity index (χ1n) is 6.86. The molecule has 1 aromatic rings. The zero-order valence-electron chi connectivity index (χ0n) is 11.3. The van der Waals surface area contributed by atoms with E-state index in [-0.39, 0.29) is 18.3 Å². The highest BCUT2D eigenvalue weighted by molar-refractivity contribution is 5.93. The van der Waals surface area contributed by atoms with Crippen molar-refractivity contribution in [2.24, 2.45) is 11.7 Å². The van der Waals surface area contributed by atoms with Gasteiger partial charge in [0.1, 0.15) is 0 Å². The average molecular weight is 283 g/mol. The number of anilines is 1. The van der Waals surface area contributed by atoms with Gasteiger partial charge in [-0.2, -0.15) is 0 Å². The van der Waals surface area contributed by atoms with E-state index in [1.165, 1.54) is 19.3 Å². The van der Waals surface area contributed by atoms with Crippen LogP contribution < -0.4 is 10.6 Å². The van der Waals surface area contributed by atoms with Crippen molar-refractivity contribution in [3.63, 3.8) is 0 Å². The summed E-state index contributed by atoms with van der Waals surface area (Å²) in [6.45, 7) is 1.45. The highest BCUT2D eigenvalue weighted by Crippen LogP contribution is 2.29. The SMILES string of the molecule is Cl.NCCCC(=O)N(CC1CCC1)c1ccccc1. The molecule has 0 aliphatic heterocycles. The molecule has 1 aliphatic carbocycles. The number of nitrogens with two attached hydrogens (primary N) is 1. The van der Waals surface area contributed by atoms with Crippen molar-refractivity contribution < 1.29 is 4.79 Å². The lowest BCUT2D eigenvalue weighted by atomic mass is 9.85. The fraction of sp³-hybridized carbons (Fsp3) is 0.533. The topological polar surface area (TPSA) is 46.3 Å². The molecule has 0 aromatic heterocycles. The van der Waals surface area contributed by atoms with Crippen molar-refractivity contribution in [2.45, 2.75) is 32.1 Å². The maximum absolute atomic E-state index is 12.2. The second kappa shape index (κ2) is 8.18.